The van der Waals surface area contributed by atoms with E-state index in [1.54, 1.807) is 7.11 Å². The van der Waals surface area contributed by atoms with Gasteiger partial charge in [0.15, 0.2) is 0 Å². The second kappa shape index (κ2) is 8.91. The van der Waals surface area contributed by atoms with Crippen LogP contribution in [0.25, 0.3) is 0 Å². The lowest BCUT2D eigenvalue weighted by molar-refractivity contribution is -0.133. The number of methoxy groups -OCH3 is 1. The third-order valence-corrected chi connectivity index (χ3v) is 5.32. The summed E-state index contributed by atoms with van der Waals surface area (Å²) in [7, 11) is 1.63. The van der Waals surface area contributed by atoms with Crippen molar-refractivity contribution in [2.24, 2.45) is 11.8 Å². The van der Waals surface area contributed by atoms with Gasteiger partial charge in [0.1, 0.15) is 5.75 Å². The first kappa shape index (κ1) is 19.9. The van der Waals surface area contributed by atoms with Gasteiger partial charge >= 0.3 is 0 Å². The van der Waals surface area contributed by atoms with E-state index in [1.165, 1.54) is 0 Å². The fraction of sp³-hybridized carbons (Fsp3) is 0.391. The quantitative estimate of drug-likeness (QED) is 0.837. The zero-order valence-electron chi connectivity index (χ0n) is 16.7. The fourth-order valence-electron chi connectivity index (χ4n) is 3.72. The summed E-state index contributed by atoms with van der Waals surface area (Å²) in [5.74, 6) is 0.495. The van der Waals surface area contributed by atoms with Crippen LogP contribution in [0.15, 0.2) is 54.6 Å². The molecule has 1 heterocycles. The monoisotopic (exact) mass is 380 g/mol. The van der Waals surface area contributed by atoms with Crippen molar-refractivity contribution in [3.63, 3.8) is 0 Å². The van der Waals surface area contributed by atoms with Gasteiger partial charge in [-0.15, -0.1) is 0 Å². The first-order valence-corrected chi connectivity index (χ1v) is 9.74. The number of nitrogens with one attached hydrogen (secondary N) is 1. The van der Waals surface area contributed by atoms with Crippen molar-refractivity contribution in [1.82, 2.24) is 10.2 Å². The van der Waals surface area contributed by atoms with Gasteiger partial charge < -0.3 is 15.0 Å². The Hall–Kier alpha value is -2.82. The molecule has 0 radical (unpaired) electrons. The Labute approximate surface area is 166 Å². The van der Waals surface area contributed by atoms with Crippen molar-refractivity contribution in [1.29, 1.82) is 0 Å². The molecule has 2 amide bonds. The van der Waals surface area contributed by atoms with Gasteiger partial charge in [-0.3, -0.25) is 9.59 Å². The van der Waals surface area contributed by atoms with E-state index < -0.39 is 0 Å². The van der Waals surface area contributed by atoms with E-state index >= 15 is 0 Å². The Kier molecular flexibility index (Phi) is 6.34. The van der Waals surface area contributed by atoms with Crippen LogP contribution in [0, 0.1) is 11.8 Å². The molecule has 148 valence electrons. The predicted molar refractivity (Wildman–Crippen MR) is 109 cm³/mol. The highest BCUT2D eigenvalue weighted by atomic mass is 16.5. The molecule has 5 nitrogen and oxygen atoms in total. The predicted octanol–water partition coefficient (Wildman–Crippen LogP) is 3.21. The number of benzene rings is 2. The third-order valence-electron chi connectivity index (χ3n) is 5.32. The maximum Gasteiger partial charge on any atom is 0.225 e. The van der Waals surface area contributed by atoms with Gasteiger partial charge in [0, 0.05) is 31.5 Å². The molecule has 0 aliphatic carbocycles. The van der Waals surface area contributed by atoms with Crippen LogP contribution < -0.4 is 10.1 Å². The number of carbonyl (C=O) groups excluding carboxylic acids is 2. The molecule has 2 aromatic rings. The summed E-state index contributed by atoms with van der Waals surface area (Å²) in [5, 5.41) is 3.05. The summed E-state index contributed by atoms with van der Waals surface area (Å²) in [4.78, 5) is 27.4. The largest absolute Gasteiger partial charge is 0.497 e. The summed E-state index contributed by atoms with van der Waals surface area (Å²) in [6.07, 6.45) is 0. The Morgan fingerprint density at radius 2 is 1.75 bits per heavy atom. The van der Waals surface area contributed by atoms with E-state index in [0.717, 1.165) is 16.9 Å². The van der Waals surface area contributed by atoms with Crippen LogP contribution in [0.4, 0.5) is 0 Å². The molecule has 2 unspecified atom stereocenters. The molecule has 2 atom stereocenters. The molecule has 1 saturated heterocycles. The van der Waals surface area contributed by atoms with Gasteiger partial charge in [0.05, 0.1) is 13.0 Å². The molecule has 1 fully saturated rings. The van der Waals surface area contributed by atoms with Crippen molar-refractivity contribution < 1.29 is 14.3 Å². The summed E-state index contributed by atoms with van der Waals surface area (Å²) < 4.78 is 5.24. The standard InChI is InChI=1S/C23H28N2O3/c1-16(2)23(27)25-14-20(18-9-11-19(28-3)12-10-18)21(15-25)22(26)24-13-17-7-5-4-6-8-17/h4-12,16,20-21H,13-15H2,1-3H3,(H,24,26). The summed E-state index contributed by atoms with van der Waals surface area (Å²) >= 11 is 0. The van der Waals surface area contributed by atoms with Crippen molar-refractivity contribution in [2.45, 2.75) is 26.3 Å². The topological polar surface area (TPSA) is 58.6 Å². The maximum absolute atomic E-state index is 13.0. The van der Waals surface area contributed by atoms with E-state index in [9.17, 15) is 9.59 Å². The van der Waals surface area contributed by atoms with Crippen LogP contribution in [0.3, 0.4) is 0 Å². The second-order valence-corrected chi connectivity index (χ2v) is 7.59. The molecule has 2 aromatic carbocycles. The molecule has 28 heavy (non-hydrogen) atoms. The zero-order chi connectivity index (χ0) is 20.1. The number of hydrogen-bond donors (Lipinski definition) is 1. The SMILES string of the molecule is COc1ccc(C2CN(C(=O)C(C)C)CC2C(=O)NCc2ccccc2)cc1. The fourth-order valence-corrected chi connectivity index (χ4v) is 3.72. The van der Waals surface area contributed by atoms with Crippen LogP contribution >= 0.6 is 0 Å². The minimum atomic E-state index is -0.264. The van der Waals surface area contributed by atoms with Gasteiger partial charge in [0.25, 0.3) is 0 Å². The minimum Gasteiger partial charge on any atom is -0.497 e. The van der Waals surface area contributed by atoms with Gasteiger partial charge in [-0.25, -0.2) is 0 Å². The molecule has 1 aliphatic heterocycles. The molecule has 0 bridgehead atoms. The van der Waals surface area contributed by atoms with Gasteiger partial charge in [0.2, 0.25) is 11.8 Å². The lowest BCUT2D eigenvalue weighted by atomic mass is 9.88. The van der Waals surface area contributed by atoms with Gasteiger partial charge in [-0.05, 0) is 23.3 Å². The van der Waals surface area contributed by atoms with Crippen LogP contribution in [-0.4, -0.2) is 36.9 Å². The van der Waals surface area contributed by atoms with Gasteiger partial charge in [-0.2, -0.15) is 0 Å². The Morgan fingerprint density at radius 1 is 1.07 bits per heavy atom. The molecule has 0 saturated carbocycles. The van der Waals surface area contributed by atoms with E-state index in [-0.39, 0.29) is 29.6 Å². The summed E-state index contributed by atoms with van der Waals surface area (Å²) in [5.41, 5.74) is 2.12. The number of carbonyl (C=O) groups is 2. The van der Waals surface area contributed by atoms with Crippen LogP contribution in [0.1, 0.15) is 30.9 Å². The smallest absolute Gasteiger partial charge is 0.225 e. The van der Waals surface area contributed by atoms with Crippen LogP contribution in [0.5, 0.6) is 5.75 Å². The second-order valence-electron chi connectivity index (χ2n) is 7.59. The average Bonchev–Trinajstić information content (AvgIpc) is 3.17. The molecule has 1 N–H and O–H groups in total. The first-order valence-electron chi connectivity index (χ1n) is 9.74. The zero-order valence-corrected chi connectivity index (χ0v) is 16.7. The Balaban J connectivity index is 1.77. The maximum atomic E-state index is 13.0. The van der Waals surface area contributed by atoms with E-state index in [1.807, 2.05) is 73.3 Å². The highest BCUT2D eigenvalue weighted by Crippen LogP contribution is 2.34. The van der Waals surface area contributed by atoms with Crippen molar-refractivity contribution in [2.75, 3.05) is 20.2 Å². The van der Waals surface area contributed by atoms with E-state index in [0.29, 0.717) is 19.6 Å². The van der Waals surface area contributed by atoms with Gasteiger partial charge in [-0.1, -0.05) is 56.3 Å². The normalized spacial score (nSPS) is 18.9. The number of ether oxygens (including phenoxy) is 1. The van der Waals surface area contributed by atoms with Crippen LogP contribution in [0.2, 0.25) is 0 Å². The summed E-state index contributed by atoms with van der Waals surface area (Å²) in [6, 6.07) is 17.6. The molecule has 0 spiro atoms. The van der Waals surface area contributed by atoms with E-state index in [2.05, 4.69) is 5.32 Å². The molecule has 0 aromatic heterocycles. The number of nitrogens with zero attached hydrogens (tertiary/aromatic N) is 1. The van der Waals surface area contributed by atoms with Crippen molar-refractivity contribution in [3.8, 4) is 5.75 Å². The molecular formula is C23H28N2O3. The van der Waals surface area contributed by atoms with Crippen LogP contribution in [-0.2, 0) is 16.1 Å². The lowest BCUT2D eigenvalue weighted by Gasteiger charge is -2.18. The highest BCUT2D eigenvalue weighted by molar-refractivity contribution is 5.84. The minimum absolute atomic E-state index is 0.0104. The summed E-state index contributed by atoms with van der Waals surface area (Å²) in [6.45, 7) is 5.30. The molecule has 3 rings (SSSR count). The average molecular weight is 380 g/mol. The van der Waals surface area contributed by atoms with Crippen molar-refractivity contribution in [3.05, 3.63) is 65.7 Å². The highest BCUT2D eigenvalue weighted by Gasteiger charge is 2.40. The lowest BCUT2D eigenvalue weighted by Crippen LogP contribution is -2.36. The third kappa shape index (κ3) is 4.53. The van der Waals surface area contributed by atoms with Crippen molar-refractivity contribution >= 4 is 11.8 Å². The molecule has 5 heteroatoms. The number of likely N-dealkylation sites (tertiary alicyclic amines) is 1. The number of amides is 2. The molecule has 1 aliphatic rings. The number of rotatable bonds is 6. The Morgan fingerprint density at radius 3 is 2.36 bits per heavy atom. The van der Waals surface area contributed by atoms with E-state index in [4.69, 9.17) is 4.74 Å². The molecular weight excluding hydrogens is 352 g/mol. The first-order chi connectivity index (χ1) is 13.5. The number of hydrogen-bond acceptors (Lipinski definition) is 3. The Bertz CT molecular complexity index is 802.